The molecule has 0 amide bonds. The van der Waals surface area contributed by atoms with Crippen molar-refractivity contribution in [2.75, 3.05) is 19.8 Å². The molecule has 21 heavy (non-hydrogen) atoms. The summed E-state index contributed by atoms with van der Waals surface area (Å²) in [6, 6.07) is 0.101. The molecule has 0 aliphatic carbocycles. The molecule has 7 nitrogen and oxygen atoms in total. The van der Waals surface area contributed by atoms with Gasteiger partial charge < -0.3 is 9.47 Å². The van der Waals surface area contributed by atoms with Crippen molar-refractivity contribution in [1.29, 1.82) is 0 Å². The quantitative estimate of drug-likeness (QED) is 0.393. The van der Waals surface area contributed by atoms with Crippen molar-refractivity contribution in [3.8, 4) is 18.0 Å². The summed E-state index contributed by atoms with van der Waals surface area (Å²) in [7, 11) is 0. The van der Waals surface area contributed by atoms with Crippen LogP contribution in [0.5, 0.6) is 18.0 Å². The number of rotatable bonds is 9. The second-order valence-corrected chi connectivity index (χ2v) is 5.29. The van der Waals surface area contributed by atoms with Gasteiger partial charge in [0.05, 0.1) is 6.61 Å². The van der Waals surface area contributed by atoms with Crippen LogP contribution in [0.3, 0.4) is 0 Å². The Labute approximate surface area is 124 Å². The Balaban J connectivity index is 2.74. The summed E-state index contributed by atoms with van der Waals surface area (Å²) in [6.07, 6.45) is 3.15. The van der Waals surface area contributed by atoms with E-state index in [9.17, 15) is 0 Å². The first-order valence-electron chi connectivity index (χ1n) is 6.47. The maximum absolute atomic E-state index is 5.24. The fourth-order valence-electron chi connectivity index (χ4n) is 1.01. The zero-order chi connectivity index (χ0) is 15.7. The highest BCUT2D eigenvalue weighted by Gasteiger charge is 2.14. The van der Waals surface area contributed by atoms with Crippen LogP contribution >= 0.6 is 0 Å². The maximum Gasteiger partial charge on any atom is 0.362 e. The van der Waals surface area contributed by atoms with E-state index >= 15 is 0 Å². The minimum atomic E-state index is -0.0443. The van der Waals surface area contributed by atoms with E-state index in [1.165, 1.54) is 0 Å². The minimum Gasteiger partial charge on any atom is -0.459 e. The van der Waals surface area contributed by atoms with Crippen molar-refractivity contribution < 1.29 is 19.2 Å². The van der Waals surface area contributed by atoms with Gasteiger partial charge in [-0.05, 0) is 5.41 Å². The molecule has 0 bridgehead atoms. The molecule has 0 saturated heterocycles. The Morgan fingerprint density at radius 3 is 1.81 bits per heavy atom. The lowest BCUT2D eigenvalue weighted by Gasteiger charge is -2.16. The highest BCUT2D eigenvalue weighted by molar-refractivity contribution is 5.09. The summed E-state index contributed by atoms with van der Waals surface area (Å²) >= 11 is 0. The Morgan fingerprint density at radius 1 is 0.905 bits per heavy atom. The first-order valence-corrected chi connectivity index (χ1v) is 6.47. The van der Waals surface area contributed by atoms with Gasteiger partial charge in [0.15, 0.2) is 0 Å². The molecule has 1 rings (SSSR count). The van der Waals surface area contributed by atoms with Gasteiger partial charge in [-0.25, -0.2) is 0 Å². The standard InChI is InChI=1S/C14H21N3O4/c1-6-8-18-11-15-12(19-9-7-2)17-13(16-11)21-20-10-14(3,4)5/h6-7H,1-2,8-10H2,3-5H3. The predicted molar refractivity (Wildman–Crippen MR) is 77.2 cm³/mol. The molecule has 0 N–H and O–H groups in total. The van der Waals surface area contributed by atoms with Gasteiger partial charge in [0.25, 0.3) is 0 Å². The van der Waals surface area contributed by atoms with E-state index in [4.69, 9.17) is 19.2 Å². The van der Waals surface area contributed by atoms with Crippen LogP contribution in [-0.2, 0) is 4.89 Å². The van der Waals surface area contributed by atoms with E-state index < -0.39 is 0 Å². The molecule has 0 unspecified atom stereocenters. The van der Waals surface area contributed by atoms with E-state index in [0.29, 0.717) is 6.61 Å². The van der Waals surface area contributed by atoms with E-state index in [-0.39, 0.29) is 36.7 Å². The van der Waals surface area contributed by atoms with E-state index in [1.54, 1.807) is 12.2 Å². The van der Waals surface area contributed by atoms with Crippen LogP contribution in [0.25, 0.3) is 0 Å². The Hall–Kier alpha value is -2.15. The van der Waals surface area contributed by atoms with E-state index in [0.717, 1.165) is 0 Å². The summed E-state index contributed by atoms with van der Waals surface area (Å²) in [5.41, 5.74) is -0.0443. The van der Waals surface area contributed by atoms with Crippen LogP contribution in [0.4, 0.5) is 0 Å². The Kier molecular flexibility index (Phi) is 6.61. The van der Waals surface area contributed by atoms with Crippen molar-refractivity contribution in [1.82, 2.24) is 15.0 Å². The SMILES string of the molecule is C=CCOc1nc(OCC=C)nc(OOCC(C)(C)C)n1. The van der Waals surface area contributed by atoms with E-state index in [1.807, 2.05) is 20.8 Å². The highest BCUT2D eigenvalue weighted by atomic mass is 17.2. The average Bonchev–Trinajstić information content (AvgIpc) is 2.41. The van der Waals surface area contributed by atoms with Gasteiger partial charge in [-0.2, -0.15) is 4.89 Å². The van der Waals surface area contributed by atoms with Crippen LogP contribution in [0.15, 0.2) is 25.3 Å². The van der Waals surface area contributed by atoms with Crippen LogP contribution in [-0.4, -0.2) is 34.8 Å². The molecule has 1 aromatic rings. The summed E-state index contributed by atoms with van der Waals surface area (Å²) in [4.78, 5) is 22.0. The van der Waals surface area contributed by atoms with Crippen molar-refractivity contribution in [3.63, 3.8) is 0 Å². The lowest BCUT2D eigenvalue weighted by molar-refractivity contribution is -0.230. The molecule has 0 aliphatic heterocycles. The molecular weight excluding hydrogens is 274 g/mol. The van der Waals surface area contributed by atoms with Gasteiger partial charge in [-0.3, -0.25) is 4.89 Å². The van der Waals surface area contributed by atoms with Crippen molar-refractivity contribution in [2.45, 2.75) is 20.8 Å². The normalized spacial score (nSPS) is 10.8. The Morgan fingerprint density at radius 2 is 1.38 bits per heavy atom. The first-order chi connectivity index (χ1) is 9.94. The molecule has 0 saturated carbocycles. The smallest absolute Gasteiger partial charge is 0.362 e. The zero-order valence-electron chi connectivity index (χ0n) is 12.7. The fraction of sp³-hybridized carbons (Fsp3) is 0.500. The third kappa shape index (κ3) is 7.26. The molecule has 0 aliphatic rings. The molecule has 0 spiro atoms. The molecule has 0 fully saturated rings. The van der Waals surface area contributed by atoms with Crippen molar-refractivity contribution >= 4 is 0 Å². The number of aromatic nitrogens is 3. The molecule has 0 radical (unpaired) electrons. The lowest BCUT2D eigenvalue weighted by Crippen LogP contribution is -2.17. The van der Waals surface area contributed by atoms with Gasteiger partial charge in [0.1, 0.15) is 13.2 Å². The molecular formula is C14H21N3O4. The number of hydrogen-bond acceptors (Lipinski definition) is 7. The third-order valence-corrected chi connectivity index (χ3v) is 1.86. The van der Waals surface area contributed by atoms with Gasteiger partial charge in [0.2, 0.25) is 0 Å². The van der Waals surface area contributed by atoms with Crippen LogP contribution in [0.1, 0.15) is 20.8 Å². The van der Waals surface area contributed by atoms with Gasteiger partial charge in [-0.15, -0.1) is 15.0 Å². The zero-order valence-corrected chi connectivity index (χ0v) is 12.7. The maximum atomic E-state index is 5.24. The summed E-state index contributed by atoms with van der Waals surface area (Å²) in [5.74, 6) is 0. The Bertz CT molecular complexity index is 442. The largest absolute Gasteiger partial charge is 0.459 e. The molecule has 0 atom stereocenters. The summed E-state index contributed by atoms with van der Waals surface area (Å²) < 4.78 is 10.5. The molecule has 116 valence electrons. The average molecular weight is 295 g/mol. The topological polar surface area (TPSA) is 75.6 Å². The minimum absolute atomic E-state index is 0.0348. The van der Waals surface area contributed by atoms with E-state index in [2.05, 4.69) is 28.1 Å². The third-order valence-electron chi connectivity index (χ3n) is 1.86. The molecule has 1 aromatic heterocycles. The summed E-state index contributed by atoms with van der Waals surface area (Å²) in [6.45, 7) is 14.0. The summed E-state index contributed by atoms with van der Waals surface area (Å²) in [5, 5.41) is 0. The van der Waals surface area contributed by atoms with Gasteiger partial charge in [0, 0.05) is 0 Å². The van der Waals surface area contributed by atoms with Crippen LogP contribution in [0, 0.1) is 5.41 Å². The number of nitrogens with zero attached hydrogens (tertiary/aromatic N) is 3. The monoisotopic (exact) mass is 295 g/mol. The number of ether oxygens (including phenoxy) is 2. The number of hydrogen-bond donors (Lipinski definition) is 0. The second-order valence-electron chi connectivity index (χ2n) is 5.29. The van der Waals surface area contributed by atoms with Crippen molar-refractivity contribution in [3.05, 3.63) is 25.3 Å². The fourth-order valence-corrected chi connectivity index (χ4v) is 1.01. The van der Waals surface area contributed by atoms with Gasteiger partial charge >= 0.3 is 18.0 Å². The second kappa shape index (κ2) is 8.21. The van der Waals surface area contributed by atoms with Crippen LogP contribution < -0.4 is 14.4 Å². The van der Waals surface area contributed by atoms with Crippen LogP contribution in [0.2, 0.25) is 0 Å². The molecule has 7 heteroatoms. The van der Waals surface area contributed by atoms with Crippen molar-refractivity contribution in [2.24, 2.45) is 5.41 Å². The van der Waals surface area contributed by atoms with Gasteiger partial charge in [-0.1, -0.05) is 46.1 Å². The highest BCUT2D eigenvalue weighted by Crippen LogP contribution is 2.17. The predicted octanol–water partition coefficient (Wildman–Crippen LogP) is 2.36. The molecule has 1 heterocycles. The lowest BCUT2D eigenvalue weighted by atomic mass is 9.99. The molecule has 0 aromatic carbocycles. The first kappa shape index (κ1) is 16.9.